The number of carbonyl (C=O) groups is 1. The Kier molecular flexibility index (Phi) is 6.95. The van der Waals surface area contributed by atoms with E-state index in [1.807, 2.05) is 19.1 Å². The Balaban J connectivity index is 1.53. The molecule has 2 fully saturated rings. The highest BCUT2D eigenvalue weighted by Gasteiger charge is 2.55. The summed E-state index contributed by atoms with van der Waals surface area (Å²) in [7, 11) is -3.95. The van der Waals surface area contributed by atoms with Gasteiger partial charge in [-0.2, -0.15) is 0 Å². The van der Waals surface area contributed by atoms with E-state index in [2.05, 4.69) is 4.90 Å². The van der Waals surface area contributed by atoms with Gasteiger partial charge in [0.25, 0.3) is 0 Å². The van der Waals surface area contributed by atoms with Gasteiger partial charge in [0.05, 0.1) is 18.1 Å². The molecule has 4 rings (SSSR count). The monoisotopic (exact) mass is 473 g/mol. The van der Waals surface area contributed by atoms with Crippen molar-refractivity contribution in [1.29, 1.82) is 0 Å². The third-order valence-corrected chi connectivity index (χ3v) is 8.83. The molecule has 1 heterocycles. The Hall–Kier alpha value is -2.58. The summed E-state index contributed by atoms with van der Waals surface area (Å²) in [5.74, 6) is 1.23. The second-order valence-corrected chi connectivity index (χ2v) is 10.7. The van der Waals surface area contributed by atoms with Crippen LogP contribution in [0.2, 0.25) is 0 Å². The maximum Gasteiger partial charge on any atom is 0.327 e. The zero-order valence-corrected chi connectivity index (χ0v) is 20.0. The number of carbonyl (C=O) groups excluding carboxylic acids is 1. The zero-order valence-electron chi connectivity index (χ0n) is 19.2. The van der Waals surface area contributed by atoms with Gasteiger partial charge < -0.3 is 19.1 Å². The summed E-state index contributed by atoms with van der Waals surface area (Å²) in [6.07, 6.45) is 2.79. The Bertz CT molecular complexity index is 1050. The van der Waals surface area contributed by atoms with Crippen molar-refractivity contribution in [2.75, 3.05) is 26.3 Å². The summed E-state index contributed by atoms with van der Waals surface area (Å²) in [5, 5.41) is 0. The average Bonchev–Trinajstić information content (AvgIpc) is 3.67. The van der Waals surface area contributed by atoms with E-state index in [-0.39, 0.29) is 24.3 Å². The standard InChI is InChI=1S/C25H31NO6S/c1-3-30-20-7-9-21(10-8-20)32-22-11-13-23(14-12-22)33(28,29)25(24(27)31-4-2)15-17-26(18-16-25)19-5-6-19/h7-14,19H,3-6,15-18H2,1-2H3. The van der Waals surface area contributed by atoms with E-state index in [1.54, 1.807) is 31.2 Å². The maximum atomic E-state index is 13.7. The van der Waals surface area contributed by atoms with Crippen molar-refractivity contribution in [3.05, 3.63) is 48.5 Å². The van der Waals surface area contributed by atoms with E-state index in [9.17, 15) is 13.2 Å². The molecular formula is C25H31NO6S. The fourth-order valence-electron chi connectivity index (χ4n) is 4.35. The highest BCUT2D eigenvalue weighted by molar-refractivity contribution is 7.93. The fraction of sp³-hybridized carbons (Fsp3) is 0.480. The summed E-state index contributed by atoms with van der Waals surface area (Å²) in [4.78, 5) is 15.4. The van der Waals surface area contributed by atoms with Gasteiger partial charge in [-0.05, 0) is 88.1 Å². The van der Waals surface area contributed by atoms with Crippen molar-refractivity contribution in [1.82, 2.24) is 4.90 Å². The predicted octanol–water partition coefficient (Wildman–Crippen LogP) is 4.21. The SMILES string of the molecule is CCOC(=O)C1(S(=O)(=O)c2ccc(Oc3ccc(OCC)cc3)cc2)CCN(C2CC2)CC1. The molecular weight excluding hydrogens is 442 g/mol. The van der Waals surface area contributed by atoms with Crippen LogP contribution in [-0.2, 0) is 19.4 Å². The molecule has 2 aromatic rings. The summed E-state index contributed by atoms with van der Waals surface area (Å²) in [6, 6.07) is 14.0. The molecule has 0 amide bonds. The Morgan fingerprint density at radius 3 is 1.97 bits per heavy atom. The molecule has 1 aliphatic heterocycles. The van der Waals surface area contributed by atoms with Crippen LogP contribution in [0.5, 0.6) is 17.2 Å². The molecule has 2 aliphatic rings. The van der Waals surface area contributed by atoms with Crippen molar-refractivity contribution >= 4 is 15.8 Å². The van der Waals surface area contributed by atoms with Crippen LogP contribution in [0.1, 0.15) is 39.5 Å². The third-order valence-electron chi connectivity index (χ3n) is 6.34. The van der Waals surface area contributed by atoms with E-state index in [4.69, 9.17) is 14.2 Å². The first-order valence-electron chi connectivity index (χ1n) is 11.6. The fourth-order valence-corrected chi connectivity index (χ4v) is 6.30. The highest BCUT2D eigenvalue weighted by Crippen LogP contribution is 2.40. The van der Waals surface area contributed by atoms with E-state index in [0.29, 0.717) is 37.2 Å². The molecule has 0 N–H and O–H groups in total. The van der Waals surface area contributed by atoms with Gasteiger partial charge in [0.15, 0.2) is 14.6 Å². The molecule has 2 aromatic carbocycles. The number of sulfone groups is 1. The van der Waals surface area contributed by atoms with Gasteiger partial charge in [0, 0.05) is 19.1 Å². The van der Waals surface area contributed by atoms with Gasteiger partial charge in [-0.15, -0.1) is 0 Å². The first-order chi connectivity index (χ1) is 15.9. The Morgan fingerprint density at radius 1 is 0.909 bits per heavy atom. The zero-order chi connectivity index (χ0) is 23.5. The molecule has 0 spiro atoms. The van der Waals surface area contributed by atoms with E-state index >= 15 is 0 Å². The predicted molar refractivity (Wildman–Crippen MR) is 125 cm³/mol. The number of hydrogen-bond donors (Lipinski definition) is 0. The van der Waals surface area contributed by atoms with E-state index in [1.165, 1.54) is 12.1 Å². The first kappa shape index (κ1) is 23.6. The molecule has 0 unspecified atom stereocenters. The quantitative estimate of drug-likeness (QED) is 0.505. The van der Waals surface area contributed by atoms with Crippen molar-refractivity contribution in [2.45, 2.75) is 55.2 Å². The Labute approximate surface area is 195 Å². The van der Waals surface area contributed by atoms with Gasteiger partial charge in [-0.1, -0.05) is 0 Å². The molecule has 0 atom stereocenters. The van der Waals surface area contributed by atoms with Gasteiger partial charge >= 0.3 is 5.97 Å². The lowest BCUT2D eigenvalue weighted by Gasteiger charge is -2.39. The van der Waals surface area contributed by atoms with Crippen molar-refractivity contribution in [3.63, 3.8) is 0 Å². The van der Waals surface area contributed by atoms with Gasteiger partial charge in [-0.3, -0.25) is 4.79 Å². The minimum absolute atomic E-state index is 0.106. The highest BCUT2D eigenvalue weighted by atomic mass is 32.2. The summed E-state index contributed by atoms with van der Waals surface area (Å²) in [6.45, 7) is 5.52. The van der Waals surface area contributed by atoms with Gasteiger partial charge in [-0.25, -0.2) is 8.42 Å². The van der Waals surface area contributed by atoms with E-state index in [0.717, 1.165) is 18.6 Å². The molecule has 1 saturated carbocycles. The van der Waals surface area contributed by atoms with Crippen molar-refractivity contribution < 1.29 is 27.4 Å². The number of rotatable bonds is 9. The topological polar surface area (TPSA) is 82.1 Å². The number of ether oxygens (including phenoxy) is 3. The number of benzene rings is 2. The van der Waals surface area contributed by atoms with Gasteiger partial charge in [0.1, 0.15) is 17.2 Å². The van der Waals surface area contributed by atoms with Crippen LogP contribution in [0, 0.1) is 0 Å². The smallest absolute Gasteiger partial charge is 0.327 e. The average molecular weight is 474 g/mol. The molecule has 0 aromatic heterocycles. The number of nitrogens with zero attached hydrogens (tertiary/aromatic N) is 1. The van der Waals surface area contributed by atoms with Gasteiger partial charge in [0.2, 0.25) is 0 Å². The first-order valence-corrected chi connectivity index (χ1v) is 13.0. The summed E-state index contributed by atoms with van der Waals surface area (Å²) in [5.41, 5.74) is 0. The molecule has 7 nitrogen and oxygen atoms in total. The van der Waals surface area contributed by atoms with Crippen LogP contribution in [0.4, 0.5) is 0 Å². The maximum absolute atomic E-state index is 13.7. The third kappa shape index (κ3) is 4.87. The van der Waals surface area contributed by atoms with Crippen LogP contribution in [-0.4, -0.2) is 56.4 Å². The van der Waals surface area contributed by atoms with Crippen LogP contribution in [0.3, 0.4) is 0 Å². The Morgan fingerprint density at radius 2 is 1.45 bits per heavy atom. The number of piperidine rings is 1. The lowest BCUT2D eigenvalue weighted by molar-refractivity contribution is -0.147. The normalized spacial score (nSPS) is 18.5. The number of hydrogen-bond acceptors (Lipinski definition) is 7. The van der Waals surface area contributed by atoms with Crippen molar-refractivity contribution in [3.8, 4) is 17.2 Å². The number of esters is 1. The molecule has 0 bridgehead atoms. The molecule has 0 radical (unpaired) electrons. The molecule has 1 saturated heterocycles. The summed E-state index contributed by atoms with van der Waals surface area (Å²) < 4.78 is 42.4. The molecule has 8 heteroatoms. The molecule has 1 aliphatic carbocycles. The van der Waals surface area contributed by atoms with Crippen LogP contribution in [0.25, 0.3) is 0 Å². The summed E-state index contributed by atoms with van der Waals surface area (Å²) >= 11 is 0. The minimum atomic E-state index is -3.95. The lowest BCUT2D eigenvalue weighted by Crippen LogP contribution is -2.55. The lowest BCUT2D eigenvalue weighted by atomic mass is 9.95. The van der Waals surface area contributed by atoms with E-state index < -0.39 is 20.6 Å². The van der Waals surface area contributed by atoms with Crippen LogP contribution >= 0.6 is 0 Å². The largest absolute Gasteiger partial charge is 0.494 e. The minimum Gasteiger partial charge on any atom is -0.494 e. The van der Waals surface area contributed by atoms with Crippen molar-refractivity contribution in [2.24, 2.45) is 0 Å². The molecule has 33 heavy (non-hydrogen) atoms. The molecule has 178 valence electrons. The number of likely N-dealkylation sites (tertiary alicyclic amines) is 1. The van der Waals surface area contributed by atoms with Crippen LogP contribution in [0.15, 0.2) is 53.4 Å². The second-order valence-electron chi connectivity index (χ2n) is 8.46. The van der Waals surface area contributed by atoms with Crippen LogP contribution < -0.4 is 9.47 Å². The second kappa shape index (κ2) is 9.73.